The van der Waals surface area contributed by atoms with Crippen LogP contribution < -0.4 is 10.6 Å². The standard InChI is InChI=1S/C22H35N5O2.HI/c1-4-21(28)27-10-9-19(16-27)25-22(23-3)24-15-20(26-11-13-29-14-12-26)18-7-5-17(2)6-8-18;/h5-8,19-20H,4,9-16H2,1-3H3,(H2,23,24,25);1H. The number of carbonyl (C=O) groups is 1. The number of nitrogens with zero attached hydrogens (tertiary/aromatic N) is 3. The molecule has 8 heteroatoms. The number of halogens is 1. The highest BCUT2D eigenvalue weighted by Gasteiger charge is 2.27. The van der Waals surface area contributed by atoms with E-state index in [0.717, 1.165) is 58.3 Å². The van der Waals surface area contributed by atoms with Crippen molar-refractivity contribution in [1.29, 1.82) is 0 Å². The third-order valence-corrected chi connectivity index (χ3v) is 5.82. The van der Waals surface area contributed by atoms with Crippen LogP contribution in [0.25, 0.3) is 0 Å². The minimum atomic E-state index is 0. The summed E-state index contributed by atoms with van der Waals surface area (Å²) < 4.78 is 5.55. The summed E-state index contributed by atoms with van der Waals surface area (Å²) in [6.45, 7) is 9.79. The molecule has 2 aliphatic heterocycles. The molecule has 2 saturated heterocycles. The van der Waals surface area contributed by atoms with Gasteiger partial charge in [-0.15, -0.1) is 24.0 Å². The summed E-state index contributed by atoms with van der Waals surface area (Å²) in [6.07, 6.45) is 1.52. The van der Waals surface area contributed by atoms with Gasteiger partial charge in [-0.25, -0.2) is 0 Å². The molecule has 0 aliphatic carbocycles. The molecule has 7 nitrogen and oxygen atoms in total. The monoisotopic (exact) mass is 529 g/mol. The first-order valence-electron chi connectivity index (χ1n) is 10.7. The summed E-state index contributed by atoms with van der Waals surface area (Å²) in [6, 6.07) is 9.30. The van der Waals surface area contributed by atoms with Crippen LogP contribution in [-0.2, 0) is 9.53 Å². The number of aryl methyl sites for hydroxylation is 1. The molecule has 2 aliphatic rings. The average Bonchev–Trinajstić information content (AvgIpc) is 3.23. The Hall–Kier alpha value is -1.39. The topological polar surface area (TPSA) is 69.2 Å². The SMILES string of the molecule is CCC(=O)N1CCC(NC(=NC)NCC(c2ccc(C)cc2)N2CCOCC2)C1.I. The number of hydrogen-bond donors (Lipinski definition) is 2. The van der Waals surface area contributed by atoms with Gasteiger partial charge in [0.1, 0.15) is 0 Å². The Morgan fingerprint density at radius 1 is 1.23 bits per heavy atom. The molecule has 1 amide bonds. The zero-order chi connectivity index (χ0) is 20.6. The summed E-state index contributed by atoms with van der Waals surface area (Å²) in [5, 5.41) is 7.01. The van der Waals surface area contributed by atoms with Crippen LogP contribution in [0, 0.1) is 6.92 Å². The van der Waals surface area contributed by atoms with E-state index in [2.05, 4.69) is 51.7 Å². The zero-order valence-electron chi connectivity index (χ0n) is 18.4. The number of guanidine groups is 1. The Kier molecular flexibility index (Phi) is 10.3. The molecule has 3 rings (SSSR count). The molecule has 2 fully saturated rings. The largest absolute Gasteiger partial charge is 0.379 e. The van der Waals surface area contributed by atoms with E-state index in [1.165, 1.54) is 11.1 Å². The fourth-order valence-corrected chi connectivity index (χ4v) is 4.05. The van der Waals surface area contributed by atoms with Crippen LogP contribution in [-0.4, -0.2) is 80.7 Å². The molecule has 2 unspecified atom stereocenters. The van der Waals surface area contributed by atoms with Crippen molar-refractivity contribution in [2.75, 3.05) is 53.0 Å². The number of carbonyl (C=O) groups excluding carboxylic acids is 1. The normalized spacial score (nSPS) is 21.1. The van der Waals surface area contributed by atoms with Gasteiger partial charge in [0.25, 0.3) is 0 Å². The van der Waals surface area contributed by atoms with Crippen molar-refractivity contribution < 1.29 is 9.53 Å². The van der Waals surface area contributed by atoms with Crippen molar-refractivity contribution in [2.24, 2.45) is 4.99 Å². The van der Waals surface area contributed by atoms with Crippen molar-refractivity contribution in [2.45, 2.75) is 38.8 Å². The summed E-state index contributed by atoms with van der Waals surface area (Å²) in [5.41, 5.74) is 2.58. The van der Waals surface area contributed by atoms with Crippen LogP contribution in [0.4, 0.5) is 0 Å². The van der Waals surface area contributed by atoms with Crippen molar-refractivity contribution in [3.05, 3.63) is 35.4 Å². The van der Waals surface area contributed by atoms with Gasteiger partial charge in [-0.05, 0) is 18.9 Å². The lowest BCUT2D eigenvalue weighted by Crippen LogP contribution is -2.49. The summed E-state index contributed by atoms with van der Waals surface area (Å²) in [4.78, 5) is 20.8. The maximum Gasteiger partial charge on any atom is 0.222 e. The van der Waals surface area contributed by atoms with E-state index in [1.54, 1.807) is 7.05 Å². The third kappa shape index (κ3) is 6.81. The Bertz CT molecular complexity index is 691. The lowest BCUT2D eigenvalue weighted by molar-refractivity contribution is -0.129. The summed E-state index contributed by atoms with van der Waals surface area (Å²) >= 11 is 0. The Morgan fingerprint density at radius 3 is 2.57 bits per heavy atom. The van der Waals surface area contributed by atoms with Crippen LogP contribution >= 0.6 is 24.0 Å². The quantitative estimate of drug-likeness (QED) is 0.336. The van der Waals surface area contributed by atoms with Crippen LogP contribution in [0.1, 0.15) is 36.9 Å². The average molecular weight is 529 g/mol. The lowest BCUT2D eigenvalue weighted by atomic mass is 10.0. The molecule has 168 valence electrons. The van der Waals surface area contributed by atoms with Crippen molar-refractivity contribution in [3.63, 3.8) is 0 Å². The number of ether oxygens (including phenoxy) is 1. The van der Waals surface area contributed by atoms with Gasteiger partial charge in [0.05, 0.1) is 19.3 Å². The minimum Gasteiger partial charge on any atom is -0.379 e. The molecule has 0 saturated carbocycles. The maximum atomic E-state index is 11.9. The maximum absolute atomic E-state index is 11.9. The predicted octanol–water partition coefficient (Wildman–Crippen LogP) is 2.16. The van der Waals surface area contributed by atoms with E-state index in [4.69, 9.17) is 4.74 Å². The fraction of sp³-hybridized carbons (Fsp3) is 0.636. The second kappa shape index (κ2) is 12.5. The first kappa shape index (κ1) is 24.9. The van der Waals surface area contributed by atoms with Crippen molar-refractivity contribution in [3.8, 4) is 0 Å². The van der Waals surface area contributed by atoms with Crippen molar-refractivity contribution >= 4 is 35.8 Å². The van der Waals surface area contributed by atoms with Gasteiger partial charge >= 0.3 is 0 Å². The van der Waals surface area contributed by atoms with Crippen LogP contribution in [0.2, 0.25) is 0 Å². The summed E-state index contributed by atoms with van der Waals surface area (Å²) in [7, 11) is 1.80. The zero-order valence-corrected chi connectivity index (χ0v) is 20.7. The smallest absolute Gasteiger partial charge is 0.222 e. The second-order valence-corrected chi connectivity index (χ2v) is 7.85. The van der Waals surface area contributed by atoms with Gasteiger partial charge in [0, 0.05) is 52.2 Å². The van der Waals surface area contributed by atoms with E-state index in [9.17, 15) is 4.79 Å². The molecule has 0 radical (unpaired) electrons. The highest BCUT2D eigenvalue weighted by molar-refractivity contribution is 14.0. The molecule has 30 heavy (non-hydrogen) atoms. The van der Waals surface area contributed by atoms with Crippen molar-refractivity contribution in [1.82, 2.24) is 20.4 Å². The molecule has 2 heterocycles. The first-order chi connectivity index (χ1) is 14.1. The van der Waals surface area contributed by atoms with Gasteiger partial charge in [-0.1, -0.05) is 36.8 Å². The molecule has 1 aromatic carbocycles. The second-order valence-electron chi connectivity index (χ2n) is 7.85. The highest BCUT2D eigenvalue weighted by atomic mass is 127. The number of nitrogens with one attached hydrogen (secondary N) is 2. The van der Waals surface area contributed by atoms with E-state index >= 15 is 0 Å². The van der Waals surface area contributed by atoms with Gasteiger partial charge in [0.15, 0.2) is 5.96 Å². The molecule has 2 atom stereocenters. The predicted molar refractivity (Wildman–Crippen MR) is 132 cm³/mol. The third-order valence-electron chi connectivity index (χ3n) is 5.82. The number of aliphatic imine (C=N–C) groups is 1. The number of benzene rings is 1. The Balaban J connectivity index is 0.00000320. The van der Waals surface area contributed by atoms with E-state index in [1.807, 2.05) is 11.8 Å². The minimum absolute atomic E-state index is 0. The Labute approximate surface area is 197 Å². The number of hydrogen-bond acceptors (Lipinski definition) is 4. The van der Waals surface area contributed by atoms with Gasteiger partial charge in [0.2, 0.25) is 5.91 Å². The van der Waals surface area contributed by atoms with Gasteiger partial charge in [-0.2, -0.15) is 0 Å². The lowest BCUT2D eigenvalue weighted by Gasteiger charge is -2.35. The first-order valence-corrected chi connectivity index (χ1v) is 10.7. The molecule has 2 N–H and O–H groups in total. The summed E-state index contributed by atoms with van der Waals surface area (Å²) in [5.74, 6) is 1.02. The molecule has 0 aromatic heterocycles. The number of amides is 1. The van der Waals surface area contributed by atoms with Crippen LogP contribution in [0.3, 0.4) is 0 Å². The highest BCUT2D eigenvalue weighted by Crippen LogP contribution is 2.22. The fourth-order valence-electron chi connectivity index (χ4n) is 4.05. The molecular weight excluding hydrogens is 493 g/mol. The van der Waals surface area contributed by atoms with E-state index in [0.29, 0.717) is 6.42 Å². The van der Waals surface area contributed by atoms with E-state index < -0.39 is 0 Å². The van der Waals surface area contributed by atoms with Crippen LogP contribution in [0.5, 0.6) is 0 Å². The van der Waals surface area contributed by atoms with Crippen LogP contribution in [0.15, 0.2) is 29.3 Å². The molecule has 1 aromatic rings. The number of morpholine rings is 1. The van der Waals surface area contributed by atoms with Gasteiger partial charge < -0.3 is 20.3 Å². The van der Waals surface area contributed by atoms with Gasteiger partial charge in [-0.3, -0.25) is 14.7 Å². The Morgan fingerprint density at radius 2 is 1.93 bits per heavy atom. The number of likely N-dealkylation sites (tertiary alicyclic amines) is 1. The molecular formula is C22H36IN5O2. The molecule has 0 spiro atoms. The van der Waals surface area contributed by atoms with E-state index in [-0.39, 0.29) is 42.0 Å². The molecule has 0 bridgehead atoms. The number of rotatable bonds is 6.